The highest BCUT2D eigenvalue weighted by atomic mass is 127. The summed E-state index contributed by atoms with van der Waals surface area (Å²) in [4.78, 5) is 16.4. The van der Waals surface area contributed by atoms with E-state index in [1.165, 1.54) is 25.7 Å². The van der Waals surface area contributed by atoms with Crippen LogP contribution in [0.5, 0.6) is 0 Å². The van der Waals surface area contributed by atoms with Gasteiger partial charge in [-0.1, -0.05) is 0 Å². The second-order valence-corrected chi connectivity index (χ2v) is 7.05. The van der Waals surface area contributed by atoms with Crippen molar-refractivity contribution < 1.29 is 4.79 Å². The maximum Gasteiger partial charge on any atom is 0.223 e. The summed E-state index contributed by atoms with van der Waals surface area (Å²) in [7, 11) is 0. The Morgan fingerprint density at radius 1 is 1.00 bits per heavy atom. The Bertz CT molecular complexity index is 405. The maximum absolute atomic E-state index is 11.6. The highest BCUT2D eigenvalue weighted by Crippen LogP contribution is 2.49. The molecular weight excluding hydrogens is 403 g/mol. The minimum atomic E-state index is 0. The highest BCUT2D eigenvalue weighted by Gasteiger charge is 2.41. The lowest BCUT2D eigenvalue weighted by atomic mass is 9.98. The van der Waals surface area contributed by atoms with Gasteiger partial charge in [-0.25, -0.2) is 0 Å². The Hall–Kier alpha value is -0.530. The summed E-state index contributed by atoms with van der Waals surface area (Å²) in [6.45, 7) is 5.33. The van der Waals surface area contributed by atoms with Crippen LogP contribution in [0.1, 0.15) is 45.4 Å². The first-order chi connectivity index (χ1) is 10.8. The number of halogens is 1. The minimum Gasteiger partial charge on any atom is -0.357 e. The third-order valence-corrected chi connectivity index (χ3v) is 4.92. The fourth-order valence-corrected chi connectivity index (χ4v) is 3.13. The van der Waals surface area contributed by atoms with Crippen LogP contribution < -0.4 is 16.0 Å². The van der Waals surface area contributed by atoms with Gasteiger partial charge < -0.3 is 16.0 Å². The fraction of sp³-hybridized carbons (Fsp3) is 0.882. The predicted octanol–water partition coefficient (Wildman–Crippen LogP) is 2.12. The number of hydrogen-bond acceptors (Lipinski definition) is 2. The lowest BCUT2D eigenvalue weighted by Gasteiger charge is -2.15. The van der Waals surface area contributed by atoms with Crippen molar-refractivity contribution in [2.45, 2.75) is 45.4 Å². The van der Waals surface area contributed by atoms with Crippen molar-refractivity contribution in [1.29, 1.82) is 0 Å². The molecule has 0 unspecified atom stereocenters. The molecule has 6 heteroatoms. The first-order valence-electron chi connectivity index (χ1n) is 9.07. The summed E-state index contributed by atoms with van der Waals surface area (Å²) in [6.07, 6.45) is 7.77. The van der Waals surface area contributed by atoms with Crippen LogP contribution in [0.4, 0.5) is 0 Å². The molecule has 0 bridgehead atoms. The number of guanidine groups is 1. The molecule has 1 amide bonds. The zero-order valence-corrected chi connectivity index (χ0v) is 16.5. The molecule has 3 fully saturated rings. The first kappa shape index (κ1) is 18.8. The van der Waals surface area contributed by atoms with Gasteiger partial charge in [-0.2, -0.15) is 0 Å². The summed E-state index contributed by atoms with van der Waals surface area (Å²) in [5.41, 5.74) is 0. The van der Waals surface area contributed by atoms with Crippen molar-refractivity contribution in [2.24, 2.45) is 28.7 Å². The Labute approximate surface area is 156 Å². The number of nitrogens with one attached hydrogen (secondary N) is 3. The molecule has 0 spiro atoms. The van der Waals surface area contributed by atoms with E-state index in [1.807, 2.05) is 0 Å². The quantitative estimate of drug-likeness (QED) is 0.226. The van der Waals surface area contributed by atoms with E-state index in [1.54, 1.807) is 0 Å². The molecular formula is C17H31IN4O. The number of rotatable bonds is 9. The van der Waals surface area contributed by atoms with Crippen molar-refractivity contribution in [2.75, 3.05) is 26.2 Å². The van der Waals surface area contributed by atoms with Crippen molar-refractivity contribution in [3.8, 4) is 0 Å². The molecule has 0 aromatic rings. The van der Waals surface area contributed by atoms with Crippen molar-refractivity contribution >= 4 is 35.8 Å². The van der Waals surface area contributed by atoms with Gasteiger partial charge in [0.15, 0.2) is 5.96 Å². The van der Waals surface area contributed by atoms with Gasteiger partial charge in [-0.15, -0.1) is 24.0 Å². The summed E-state index contributed by atoms with van der Waals surface area (Å²) in [6, 6.07) is 0. The summed E-state index contributed by atoms with van der Waals surface area (Å²) < 4.78 is 0. The number of carbonyl (C=O) groups is 1. The highest BCUT2D eigenvalue weighted by molar-refractivity contribution is 14.0. The number of hydrogen-bond donors (Lipinski definition) is 3. The van der Waals surface area contributed by atoms with Gasteiger partial charge in [0.25, 0.3) is 0 Å². The molecule has 3 N–H and O–H groups in total. The molecule has 3 rings (SSSR count). The fourth-order valence-electron chi connectivity index (χ4n) is 3.13. The number of amides is 1. The molecule has 0 aromatic carbocycles. The number of nitrogens with zero attached hydrogens (tertiary/aromatic N) is 1. The molecule has 0 atom stereocenters. The Morgan fingerprint density at radius 3 is 2.13 bits per heavy atom. The molecule has 23 heavy (non-hydrogen) atoms. The zero-order chi connectivity index (χ0) is 15.4. The van der Waals surface area contributed by atoms with Gasteiger partial charge in [0.2, 0.25) is 5.91 Å². The maximum atomic E-state index is 11.6. The predicted molar refractivity (Wildman–Crippen MR) is 104 cm³/mol. The van der Waals surface area contributed by atoms with Crippen LogP contribution in [0, 0.1) is 23.7 Å². The summed E-state index contributed by atoms with van der Waals surface area (Å²) in [5, 5.41) is 9.62. The van der Waals surface area contributed by atoms with E-state index in [9.17, 15) is 4.79 Å². The zero-order valence-electron chi connectivity index (χ0n) is 14.1. The van der Waals surface area contributed by atoms with E-state index >= 15 is 0 Å². The lowest BCUT2D eigenvalue weighted by Crippen LogP contribution is -2.42. The van der Waals surface area contributed by atoms with Crippen molar-refractivity contribution in [1.82, 2.24) is 16.0 Å². The largest absolute Gasteiger partial charge is 0.357 e. The minimum absolute atomic E-state index is 0. The van der Waals surface area contributed by atoms with E-state index < -0.39 is 0 Å². The van der Waals surface area contributed by atoms with Gasteiger partial charge in [-0.05, 0) is 63.2 Å². The third kappa shape index (κ3) is 6.47. The second kappa shape index (κ2) is 9.08. The van der Waals surface area contributed by atoms with Gasteiger partial charge in [0.05, 0.1) is 0 Å². The molecule has 0 radical (unpaired) electrons. The monoisotopic (exact) mass is 434 g/mol. The number of aliphatic imine (C=N–C) groups is 1. The van der Waals surface area contributed by atoms with Crippen LogP contribution in [0.15, 0.2) is 4.99 Å². The Morgan fingerprint density at radius 2 is 1.61 bits per heavy atom. The lowest BCUT2D eigenvalue weighted by molar-refractivity contribution is -0.122. The second-order valence-electron chi connectivity index (χ2n) is 7.05. The molecule has 0 saturated heterocycles. The topological polar surface area (TPSA) is 65.5 Å². The molecule has 5 nitrogen and oxygen atoms in total. The van der Waals surface area contributed by atoms with E-state index in [0.29, 0.717) is 12.5 Å². The number of carbonyl (C=O) groups excluding carboxylic acids is 1. The summed E-state index contributed by atoms with van der Waals surface area (Å²) in [5.74, 6) is 4.10. The molecule has 0 aliphatic heterocycles. The van der Waals surface area contributed by atoms with Gasteiger partial charge in [-0.3, -0.25) is 9.79 Å². The van der Waals surface area contributed by atoms with E-state index in [0.717, 1.165) is 56.2 Å². The van der Waals surface area contributed by atoms with Crippen molar-refractivity contribution in [3.63, 3.8) is 0 Å². The van der Waals surface area contributed by atoms with Crippen molar-refractivity contribution in [3.05, 3.63) is 0 Å². The molecule has 3 aliphatic rings. The Balaban J connectivity index is 0.00000192. The van der Waals surface area contributed by atoms with Crippen LogP contribution in [0.2, 0.25) is 0 Å². The molecule has 0 aromatic heterocycles. The van der Waals surface area contributed by atoms with E-state index in [4.69, 9.17) is 4.99 Å². The molecule has 3 saturated carbocycles. The third-order valence-electron chi connectivity index (χ3n) is 4.92. The van der Waals surface area contributed by atoms with Crippen LogP contribution in [0.3, 0.4) is 0 Å². The molecule has 0 heterocycles. The van der Waals surface area contributed by atoms with Crippen LogP contribution in [-0.2, 0) is 4.79 Å². The standard InChI is InChI=1S/C17H30N4O.HI/c1-2-18-17(20-10-9-19-16(22)14-7-8-14)21-11-15(12-3-4-12)13-5-6-13;/h12-15H,2-11H2,1H3,(H,19,22)(H2,18,20,21);1H. The smallest absolute Gasteiger partial charge is 0.223 e. The van der Waals surface area contributed by atoms with E-state index in [2.05, 4.69) is 22.9 Å². The Kier molecular flexibility index (Phi) is 7.43. The first-order valence-corrected chi connectivity index (χ1v) is 9.07. The average Bonchev–Trinajstić information content (AvgIpc) is 3.39. The average molecular weight is 434 g/mol. The van der Waals surface area contributed by atoms with Gasteiger partial charge in [0.1, 0.15) is 0 Å². The summed E-state index contributed by atoms with van der Waals surface area (Å²) >= 11 is 0. The van der Waals surface area contributed by atoms with Crippen LogP contribution in [0.25, 0.3) is 0 Å². The molecule has 132 valence electrons. The van der Waals surface area contributed by atoms with Crippen LogP contribution >= 0.6 is 24.0 Å². The van der Waals surface area contributed by atoms with Crippen LogP contribution in [-0.4, -0.2) is 38.0 Å². The normalized spacial score (nSPS) is 20.9. The van der Waals surface area contributed by atoms with Gasteiger partial charge >= 0.3 is 0 Å². The van der Waals surface area contributed by atoms with E-state index in [-0.39, 0.29) is 29.9 Å². The SMILES string of the molecule is CCNC(=NCC(C1CC1)C1CC1)NCCNC(=O)C1CC1.I. The molecule has 3 aliphatic carbocycles. The van der Waals surface area contributed by atoms with Gasteiger partial charge in [0, 0.05) is 32.1 Å².